The maximum Gasteiger partial charge on any atom is 0.170 e. The minimum Gasteiger partial charge on any atom is -0.383 e. The average Bonchev–Trinajstić information content (AvgIpc) is 3.03. The van der Waals surface area contributed by atoms with Crippen LogP contribution in [0.2, 0.25) is 0 Å². The number of rotatable bonds is 6. The molecule has 2 heterocycles. The average molecular weight is 307 g/mol. The van der Waals surface area contributed by atoms with Gasteiger partial charge in [-0.2, -0.15) is 0 Å². The van der Waals surface area contributed by atoms with Crippen LogP contribution in [0, 0.1) is 0 Å². The number of nitrogen functional groups attached to an aromatic ring is 1. The van der Waals surface area contributed by atoms with Gasteiger partial charge in [-0.3, -0.25) is 0 Å². The first kappa shape index (κ1) is 15.3. The molecule has 0 spiro atoms. The number of aromatic nitrogens is 2. The van der Waals surface area contributed by atoms with Crippen molar-refractivity contribution >= 4 is 5.82 Å². The number of hydrogen-bond acceptors (Lipinski definition) is 4. The summed E-state index contributed by atoms with van der Waals surface area (Å²) in [6, 6.07) is 14.4. The standard InChI is InChI=1S/C19H21N3O/c1-2-3-5-14-7-9-15(10-8-14)12-16-13-18(23-22-16)17-6-4-11-21-19(17)20/h4,6-11,13H,2-3,5,12H2,1H3,(H2,20,21). The summed E-state index contributed by atoms with van der Waals surface area (Å²) >= 11 is 0. The molecule has 0 radical (unpaired) electrons. The highest BCUT2D eigenvalue weighted by Gasteiger charge is 2.10. The van der Waals surface area contributed by atoms with E-state index in [1.807, 2.05) is 18.2 Å². The van der Waals surface area contributed by atoms with E-state index in [2.05, 4.69) is 41.3 Å². The highest BCUT2D eigenvalue weighted by Crippen LogP contribution is 2.25. The molecule has 3 aromatic rings. The number of nitrogens with zero attached hydrogens (tertiary/aromatic N) is 2. The Balaban J connectivity index is 1.71. The van der Waals surface area contributed by atoms with Crippen molar-refractivity contribution in [3.8, 4) is 11.3 Å². The van der Waals surface area contributed by atoms with E-state index in [1.165, 1.54) is 24.0 Å². The molecule has 0 bridgehead atoms. The van der Waals surface area contributed by atoms with E-state index in [-0.39, 0.29) is 0 Å². The highest BCUT2D eigenvalue weighted by molar-refractivity contribution is 5.69. The Morgan fingerprint density at radius 1 is 1.09 bits per heavy atom. The fraction of sp³-hybridized carbons (Fsp3) is 0.263. The van der Waals surface area contributed by atoms with Gasteiger partial charge in [0, 0.05) is 18.7 Å². The maximum absolute atomic E-state index is 5.87. The number of unbranched alkanes of at least 4 members (excludes halogenated alkanes) is 1. The molecule has 0 aliphatic heterocycles. The fourth-order valence-corrected chi connectivity index (χ4v) is 2.56. The minimum absolute atomic E-state index is 0.454. The number of pyridine rings is 1. The lowest BCUT2D eigenvalue weighted by atomic mass is 10.0. The second kappa shape index (κ2) is 7.09. The summed E-state index contributed by atoms with van der Waals surface area (Å²) in [7, 11) is 0. The molecular formula is C19H21N3O. The van der Waals surface area contributed by atoms with Gasteiger partial charge in [-0.05, 0) is 36.1 Å². The van der Waals surface area contributed by atoms with Crippen LogP contribution in [0.1, 0.15) is 36.6 Å². The number of nitrogens with two attached hydrogens (primary N) is 1. The third-order valence-electron chi connectivity index (χ3n) is 3.89. The second-order valence-corrected chi connectivity index (χ2v) is 5.72. The molecule has 23 heavy (non-hydrogen) atoms. The summed E-state index contributed by atoms with van der Waals surface area (Å²) in [5, 5.41) is 4.14. The van der Waals surface area contributed by atoms with E-state index in [0.29, 0.717) is 11.6 Å². The van der Waals surface area contributed by atoms with E-state index >= 15 is 0 Å². The summed E-state index contributed by atoms with van der Waals surface area (Å²) in [4.78, 5) is 4.07. The summed E-state index contributed by atoms with van der Waals surface area (Å²) in [6.07, 6.45) is 6.01. The van der Waals surface area contributed by atoms with Gasteiger partial charge in [0.1, 0.15) is 5.82 Å². The molecule has 0 fully saturated rings. The van der Waals surface area contributed by atoms with Gasteiger partial charge in [-0.1, -0.05) is 42.8 Å². The number of anilines is 1. The lowest BCUT2D eigenvalue weighted by Gasteiger charge is -2.02. The summed E-state index contributed by atoms with van der Waals surface area (Å²) in [5.74, 6) is 1.11. The second-order valence-electron chi connectivity index (χ2n) is 5.72. The van der Waals surface area contributed by atoms with E-state index in [1.54, 1.807) is 6.20 Å². The Hall–Kier alpha value is -2.62. The molecule has 4 heteroatoms. The van der Waals surface area contributed by atoms with Crippen molar-refractivity contribution in [3.05, 3.63) is 65.5 Å². The molecular weight excluding hydrogens is 286 g/mol. The number of hydrogen-bond donors (Lipinski definition) is 1. The van der Waals surface area contributed by atoms with Crippen LogP contribution in [0.3, 0.4) is 0 Å². The molecule has 0 saturated carbocycles. The fourth-order valence-electron chi connectivity index (χ4n) is 2.56. The quantitative estimate of drug-likeness (QED) is 0.739. The Bertz CT molecular complexity index is 762. The molecule has 2 aromatic heterocycles. The Labute approximate surface area is 136 Å². The Morgan fingerprint density at radius 2 is 1.87 bits per heavy atom. The van der Waals surface area contributed by atoms with Crippen LogP contribution in [0.15, 0.2) is 53.2 Å². The van der Waals surface area contributed by atoms with Crippen molar-refractivity contribution in [1.82, 2.24) is 10.1 Å². The van der Waals surface area contributed by atoms with Crippen LogP contribution in [0.5, 0.6) is 0 Å². The maximum atomic E-state index is 5.87. The first-order valence-electron chi connectivity index (χ1n) is 8.00. The van der Waals surface area contributed by atoms with Gasteiger partial charge in [0.15, 0.2) is 5.76 Å². The van der Waals surface area contributed by atoms with Crippen LogP contribution < -0.4 is 5.73 Å². The molecule has 0 aliphatic rings. The first-order valence-corrected chi connectivity index (χ1v) is 8.00. The van der Waals surface area contributed by atoms with Gasteiger partial charge in [-0.25, -0.2) is 4.98 Å². The van der Waals surface area contributed by atoms with Gasteiger partial charge < -0.3 is 10.3 Å². The molecule has 0 saturated heterocycles. The SMILES string of the molecule is CCCCc1ccc(Cc2cc(-c3cccnc3N)on2)cc1. The van der Waals surface area contributed by atoms with E-state index in [4.69, 9.17) is 10.3 Å². The predicted octanol–water partition coefficient (Wildman–Crippen LogP) is 4.25. The summed E-state index contributed by atoms with van der Waals surface area (Å²) in [5.41, 5.74) is 10.2. The zero-order valence-corrected chi connectivity index (χ0v) is 13.3. The third kappa shape index (κ3) is 3.77. The van der Waals surface area contributed by atoms with Crippen molar-refractivity contribution in [2.45, 2.75) is 32.6 Å². The zero-order valence-electron chi connectivity index (χ0n) is 13.3. The van der Waals surface area contributed by atoms with Crippen molar-refractivity contribution in [2.24, 2.45) is 0 Å². The molecule has 3 rings (SSSR count). The number of benzene rings is 1. The van der Waals surface area contributed by atoms with Gasteiger partial charge in [0.25, 0.3) is 0 Å². The van der Waals surface area contributed by atoms with E-state index in [9.17, 15) is 0 Å². The monoisotopic (exact) mass is 307 g/mol. The normalized spacial score (nSPS) is 10.8. The number of aryl methyl sites for hydroxylation is 1. The molecule has 1 aromatic carbocycles. The summed E-state index contributed by atoms with van der Waals surface area (Å²) < 4.78 is 5.41. The molecule has 0 aliphatic carbocycles. The molecule has 0 atom stereocenters. The zero-order chi connectivity index (χ0) is 16.1. The lowest BCUT2D eigenvalue weighted by molar-refractivity contribution is 0.425. The van der Waals surface area contributed by atoms with E-state index < -0.39 is 0 Å². The van der Waals surface area contributed by atoms with Crippen LogP contribution in [0.4, 0.5) is 5.82 Å². The molecule has 118 valence electrons. The van der Waals surface area contributed by atoms with Crippen LogP contribution in [-0.4, -0.2) is 10.1 Å². The minimum atomic E-state index is 0.454. The molecule has 2 N–H and O–H groups in total. The van der Waals surface area contributed by atoms with Crippen LogP contribution in [-0.2, 0) is 12.8 Å². The summed E-state index contributed by atoms with van der Waals surface area (Å²) in [6.45, 7) is 2.21. The van der Waals surface area contributed by atoms with Gasteiger partial charge >= 0.3 is 0 Å². The molecule has 4 nitrogen and oxygen atoms in total. The predicted molar refractivity (Wildman–Crippen MR) is 92.0 cm³/mol. The first-order chi connectivity index (χ1) is 11.3. The van der Waals surface area contributed by atoms with Crippen LogP contribution >= 0.6 is 0 Å². The van der Waals surface area contributed by atoms with Crippen molar-refractivity contribution in [3.63, 3.8) is 0 Å². The van der Waals surface area contributed by atoms with Crippen LogP contribution in [0.25, 0.3) is 11.3 Å². The molecule has 0 unspecified atom stereocenters. The van der Waals surface area contributed by atoms with Gasteiger partial charge in [0.05, 0.1) is 11.3 Å². The third-order valence-corrected chi connectivity index (χ3v) is 3.89. The largest absolute Gasteiger partial charge is 0.383 e. The van der Waals surface area contributed by atoms with Gasteiger partial charge in [0.2, 0.25) is 0 Å². The van der Waals surface area contributed by atoms with Crippen molar-refractivity contribution in [1.29, 1.82) is 0 Å². The molecule has 0 amide bonds. The van der Waals surface area contributed by atoms with Crippen molar-refractivity contribution < 1.29 is 4.52 Å². The van der Waals surface area contributed by atoms with Gasteiger partial charge in [-0.15, -0.1) is 0 Å². The van der Waals surface area contributed by atoms with E-state index in [0.717, 1.165) is 24.1 Å². The highest BCUT2D eigenvalue weighted by atomic mass is 16.5. The lowest BCUT2D eigenvalue weighted by Crippen LogP contribution is -1.92. The Morgan fingerprint density at radius 3 is 2.61 bits per heavy atom. The topological polar surface area (TPSA) is 64.9 Å². The van der Waals surface area contributed by atoms with Crippen molar-refractivity contribution in [2.75, 3.05) is 5.73 Å². The smallest absolute Gasteiger partial charge is 0.170 e. The Kier molecular flexibility index (Phi) is 4.71.